The smallest absolute Gasteiger partial charge is 0.225 e. The number of nitrogens with one attached hydrogen (secondary N) is 3. The van der Waals surface area contributed by atoms with Crippen LogP contribution in [0.4, 0.5) is 4.39 Å². The number of halogens is 1. The Morgan fingerprint density at radius 2 is 2.10 bits per heavy atom. The zero-order valence-corrected chi connectivity index (χ0v) is 11.8. The molecule has 5 N–H and O–H groups in total. The number of hydrogen-bond acceptors (Lipinski definition) is 4. The van der Waals surface area contributed by atoms with Crippen molar-refractivity contribution in [1.82, 2.24) is 16.2 Å². The van der Waals surface area contributed by atoms with E-state index in [1.807, 2.05) is 0 Å². The second-order valence-corrected chi connectivity index (χ2v) is 5.99. The summed E-state index contributed by atoms with van der Waals surface area (Å²) in [4.78, 5) is 12.4. The monoisotopic (exact) mass is 292 g/mol. The Hall–Kier alpha value is -1.50. The van der Waals surface area contributed by atoms with Crippen LogP contribution in [-0.4, -0.2) is 24.5 Å². The number of nitrogens with two attached hydrogens (primary N) is 1. The van der Waals surface area contributed by atoms with Crippen molar-refractivity contribution >= 4 is 5.91 Å². The maximum absolute atomic E-state index is 12.8. The zero-order valence-electron chi connectivity index (χ0n) is 11.8. The van der Waals surface area contributed by atoms with Crippen LogP contribution in [0.5, 0.6) is 0 Å². The second kappa shape index (κ2) is 6.09. The van der Waals surface area contributed by atoms with E-state index in [1.54, 1.807) is 12.1 Å². The molecule has 1 amide bonds. The minimum Gasteiger partial charge on any atom is -0.352 e. The van der Waals surface area contributed by atoms with Gasteiger partial charge < -0.3 is 11.1 Å². The van der Waals surface area contributed by atoms with Crippen molar-refractivity contribution in [3.05, 3.63) is 35.6 Å². The summed E-state index contributed by atoms with van der Waals surface area (Å²) in [5.74, 6) is 0.0394. The van der Waals surface area contributed by atoms with Crippen molar-refractivity contribution < 1.29 is 9.18 Å². The minimum atomic E-state index is -0.271. The highest BCUT2D eigenvalue weighted by Gasteiger charge is 2.42. The molecule has 4 unspecified atom stereocenters. The van der Waals surface area contributed by atoms with E-state index >= 15 is 0 Å². The van der Waals surface area contributed by atoms with Crippen LogP contribution in [0.2, 0.25) is 0 Å². The molecule has 1 aromatic carbocycles. The molecule has 4 atom stereocenters. The molecule has 1 heterocycles. The van der Waals surface area contributed by atoms with Gasteiger partial charge in [-0.3, -0.25) is 15.6 Å². The average Bonchev–Trinajstić information content (AvgIpc) is 2.93. The molecule has 2 aliphatic rings. The van der Waals surface area contributed by atoms with Crippen molar-refractivity contribution in [3.63, 3.8) is 0 Å². The number of hydrazine groups is 1. The predicted molar refractivity (Wildman–Crippen MR) is 77.4 cm³/mol. The number of fused-ring (bicyclic) bond motifs is 1. The summed E-state index contributed by atoms with van der Waals surface area (Å²) in [7, 11) is 0. The van der Waals surface area contributed by atoms with Crippen molar-refractivity contribution in [3.8, 4) is 0 Å². The Labute approximate surface area is 123 Å². The number of carbonyl (C=O) groups excluding carboxylic acids is 1. The van der Waals surface area contributed by atoms with Crippen molar-refractivity contribution in [2.24, 2.45) is 17.6 Å². The molecule has 1 aromatic rings. The Bertz CT molecular complexity index is 507. The van der Waals surface area contributed by atoms with Gasteiger partial charge in [-0.15, -0.1) is 0 Å². The molecule has 5 nitrogen and oxygen atoms in total. The van der Waals surface area contributed by atoms with Crippen LogP contribution in [0.15, 0.2) is 24.3 Å². The standard InChI is InChI=1S/C15H21FN4O/c16-11-3-1-9(2-4-11)7-18-15(21)13-6-12(17)5-10-8-19-20-14(10)13/h1-4,10,12-14,19-20H,5-8,17H2,(H,18,21). The topological polar surface area (TPSA) is 79.2 Å². The van der Waals surface area contributed by atoms with Crippen molar-refractivity contribution in [2.45, 2.75) is 31.5 Å². The lowest BCUT2D eigenvalue weighted by Gasteiger charge is -2.35. The van der Waals surface area contributed by atoms with Gasteiger partial charge in [-0.1, -0.05) is 12.1 Å². The van der Waals surface area contributed by atoms with Gasteiger partial charge in [-0.25, -0.2) is 4.39 Å². The molecule has 0 aromatic heterocycles. The number of hydrogen-bond donors (Lipinski definition) is 4. The largest absolute Gasteiger partial charge is 0.352 e. The van der Waals surface area contributed by atoms with Crippen LogP contribution < -0.4 is 21.9 Å². The van der Waals surface area contributed by atoms with Gasteiger partial charge in [0, 0.05) is 25.2 Å². The van der Waals surface area contributed by atoms with Gasteiger partial charge in [0.1, 0.15) is 5.82 Å². The first-order chi connectivity index (χ1) is 10.1. The molecule has 0 bridgehead atoms. The Balaban J connectivity index is 1.60. The number of amides is 1. The normalized spacial score (nSPS) is 31.7. The Morgan fingerprint density at radius 3 is 2.86 bits per heavy atom. The Morgan fingerprint density at radius 1 is 1.33 bits per heavy atom. The van der Waals surface area contributed by atoms with Gasteiger partial charge in [0.15, 0.2) is 0 Å². The third kappa shape index (κ3) is 3.23. The molecule has 3 rings (SSSR count). The molecule has 2 fully saturated rings. The quantitative estimate of drug-likeness (QED) is 0.645. The molecule has 1 saturated carbocycles. The minimum absolute atomic E-state index is 0.0145. The molecular formula is C15H21FN4O. The van der Waals surface area contributed by atoms with Crippen molar-refractivity contribution in [1.29, 1.82) is 0 Å². The first-order valence-electron chi connectivity index (χ1n) is 7.39. The third-order valence-corrected chi connectivity index (χ3v) is 4.45. The predicted octanol–water partition coefficient (Wildman–Crippen LogP) is 0.272. The summed E-state index contributed by atoms with van der Waals surface area (Å²) in [5.41, 5.74) is 13.3. The highest BCUT2D eigenvalue weighted by atomic mass is 19.1. The van der Waals surface area contributed by atoms with Crippen molar-refractivity contribution in [2.75, 3.05) is 6.54 Å². The molecule has 114 valence electrons. The molecule has 6 heteroatoms. The van der Waals surface area contributed by atoms with Crippen LogP contribution in [0.3, 0.4) is 0 Å². The molecule has 1 saturated heterocycles. The van der Waals surface area contributed by atoms with Gasteiger partial charge in [-0.2, -0.15) is 0 Å². The van der Waals surface area contributed by atoms with Crippen LogP contribution in [0.25, 0.3) is 0 Å². The molecular weight excluding hydrogens is 271 g/mol. The van der Waals surface area contributed by atoms with Gasteiger partial charge in [-0.05, 0) is 36.5 Å². The van der Waals surface area contributed by atoms with Crippen LogP contribution >= 0.6 is 0 Å². The lowest BCUT2D eigenvalue weighted by molar-refractivity contribution is -0.127. The number of carbonyl (C=O) groups is 1. The summed E-state index contributed by atoms with van der Waals surface area (Å²) < 4.78 is 12.8. The van der Waals surface area contributed by atoms with Crippen LogP contribution in [0.1, 0.15) is 18.4 Å². The lowest BCUT2D eigenvalue weighted by atomic mass is 9.75. The van der Waals surface area contributed by atoms with E-state index in [-0.39, 0.29) is 29.7 Å². The first-order valence-corrected chi connectivity index (χ1v) is 7.39. The average molecular weight is 292 g/mol. The number of rotatable bonds is 3. The maximum Gasteiger partial charge on any atom is 0.225 e. The summed E-state index contributed by atoms with van der Waals surface area (Å²) in [5, 5.41) is 2.94. The zero-order chi connectivity index (χ0) is 14.8. The summed E-state index contributed by atoms with van der Waals surface area (Å²) in [6, 6.07) is 6.39. The van der Waals surface area contributed by atoms with E-state index in [4.69, 9.17) is 5.73 Å². The SMILES string of the molecule is NC1CC2CNNC2C(C(=O)NCc2ccc(F)cc2)C1. The van der Waals surface area contributed by atoms with Crippen LogP contribution in [0, 0.1) is 17.7 Å². The van der Waals surface area contributed by atoms with E-state index in [2.05, 4.69) is 16.2 Å². The van der Waals surface area contributed by atoms with E-state index in [0.717, 1.165) is 18.5 Å². The van der Waals surface area contributed by atoms with E-state index in [9.17, 15) is 9.18 Å². The first kappa shape index (κ1) is 14.4. The summed E-state index contributed by atoms with van der Waals surface area (Å²) in [6.45, 7) is 1.27. The van der Waals surface area contributed by atoms with Crippen LogP contribution in [-0.2, 0) is 11.3 Å². The fourth-order valence-electron chi connectivity index (χ4n) is 3.36. The highest BCUT2D eigenvalue weighted by molar-refractivity contribution is 5.79. The fraction of sp³-hybridized carbons (Fsp3) is 0.533. The molecule has 1 aliphatic heterocycles. The summed E-state index contributed by atoms with van der Waals surface area (Å²) in [6.07, 6.45) is 1.65. The number of benzene rings is 1. The van der Waals surface area contributed by atoms with Gasteiger partial charge in [0.05, 0.1) is 5.92 Å². The summed E-state index contributed by atoms with van der Waals surface area (Å²) >= 11 is 0. The molecule has 0 radical (unpaired) electrons. The van der Waals surface area contributed by atoms with Gasteiger partial charge in [0.2, 0.25) is 5.91 Å². The third-order valence-electron chi connectivity index (χ3n) is 4.45. The fourth-order valence-corrected chi connectivity index (χ4v) is 3.36. The van der Waals surface area contributed by atoms with Gasteiger partial charge in [0.25, 0.3) is 0 Å². The molecule has 21 heavy (non-hydrogen) atoms. The van der Waals surface area contributed by atoms with E-state index < -0.39 is 0 Å². The molecule has 0 spiro atoms. The van der Waals surface area contributed by atoms with Gasteiger partial charge >= 0.3 is 0 Å². The lowest BCUT2D eigenvalue weighted by Crippen LogP contribution is -2.52. The van der Waals surface area contributed by atoms with E-state index in [1.165, 1.54) is 12.1 Å². The maximum atomic E-state index is 12.8. The Kier molecular flexibility index (Phi) is 4.19. The highest BCUT2D eigenvalue weighted by Crippen LogP contribution is 2.30. The molecule has 1 aliphatic carbocycles. The van der Waals surface area contributed by atoms with E-state index in [0.29, 0.717) is 18.9 Å². The second-order valence-electron chi connectivity index (χ2n) is 5.99.